The molecular formula is C8H5BrClF2NO3. The Kier molecular flexibility index (Phi) is 3.69. The zero-order chi connectivity index (χ0) is 12.5. The van der Waals surface area contributed by atoms with Gasteiger partial charge in [-0.15, -0.1) is 0 Å². The highest BCUT2D eigenvalue weighted by molar-refractivity contribution is 9.10. The van der Waals surface area contributed by atoms with E-state index < -0.39 is 22.7 Å². The maximum Gasteiger partial charge on any atom is 0.421 e. The summed E-state index contributed by atoms with van der Waals surface area (Å²) in [4.78, 5) is 22.5. The van der Waals surface area contributed by atoms with Crippen LogP contribution in [0.3, 0.4) is 0 Å². The Hall–Kier alpha value is -0.950. The molecule has 0 saturated heterocycles. The first-order valence-corrected chi connectivity index (χ1v) is 5.03. The molecule has 88 valence electrons. The Balaban J connectivity index is 3.63. The van der Waals surface area contributed by atoms with E-state index in [1.54, 1.807) is 0 Å². The van der Waals surface area contributed by atoms with Crippen molar-refractivity contribution in [1.82, 2.24) is 4.57 Å². The number of rotatable bonds is 1. The number of methoxy groups -OCH3 is 1. The van der Waals surface area contributed by atoms with E-state index in [0.717, 1.165) is 19.2 Å². The van der Waals surface area contributed by atoms with Crippen molar-refractivity contribution in [1.29, 1.82) is 0 Å². The number of pyridine rings is 1. The fourth-order valence-corrected chi connectivity index (χ4v) is 1.91. The van der Waals surface area contributed by atoms with Crippen molar-refractivity contribution < 1.29 is 18.3 Å². The first-order valence-electron chi connectivity index (χ1n) is 3.86. The van der Waals surface area contributed by atoms with E-state index in [-0.39, 0.29) is 9.04 Å². The van der Waals surface area contributed by atoms with E-state index in [2.05, 4.69) is 20.7 Å². The lowest BCUT2D eigenvalue weighted by molar-refractivity contribution is 0.0816. The molecule has 4 nitrogen and oxygen atoms in total. The topological polar surface area (TPSA) is 48.3 Å². The number of ether oxygens (including phenoxy) is 1. The van der Waals surface area contributed by atoms with Gasteiger partial charge in [0, 0.05) is 10.5 Å². The third kappa shape index (κ3) is 2.41. The van der Waals surface area contributed by atoms with Gasteiger partial charge >= 0.3 is 11.5 Å². The molecule has 1 aromatic rings. The molecule has 1 heterocycles. The Morgan fingerprint density at radius 3 is 2.56 bits per heavy atom. The summed E-state index contributed by atoms with van der Waals surface area (Å²) in [5.74, 6) is 0. The van der Waals surface area contributed by atoms with E-state index in [0.29, 0.717) is 0 Å². The number of carbonyl (C=O) groups is 1. The fraction of sp³-hybridized carbons (Fsp3) is 0.250. The minimum absolute atomic E-state index is 0.164. The molecule has 0 amide bonds. The second-order valence-corrected chi connectivity index (χ2v) is 4.00. The molecule has 8 heteroatoms. The van der Waals surface area contributed by atoms with E-state index >= 15 is 0 Å². The summed E-state index contributed by atoms with van der Waals surface area (Å²) in [5.41, 5.74) is -1.92. The quantitative estimate of drug-likeness (QED) is 0.748. The molecule has 0 fully saturated rings. The highest BCUT2D eigenvalue weighted by Crippen LogP contribution is 2.36. The second-order valence-electron chi connectivity index (χ2n) is 2.67. The fourth-order valence-electron chi connectivity index (χ4n) is 1.05. The lowest BCUT2D eigenvalue weighted by Crippen LogP contribution is -2.33. The average Bonchev–Trinajstić information content (AvgIpc) is 2.18. The zero-order valence-corrected chi connectivity index (χ0v) is 10.2. The van der Waals surface area contributed by atoms with Gasteiger partial charge in [0.2, 0.25) is 0 Å². The van der Waals surface area contributed by atoms with Crippen molar-refractivity contribution in [2.75, 3.05) is 7.11 Å². The summed E-state index contributed by atoms with van der Waals surface area (Å²) in [6.45, 7) is 0. The Bertz CT molecular complexity index is 483. The average molecular weight is 316 g/mol. The Morgan fingerprint density at radius 1 is 1.56 bits per heavy atom. The van der Waals surface area contributed by atoms with E-state index in [9.17, 15) is 18.4 Å². The molecule has 0 saturated carbocycles. The van der Waals surface area contributed by atoms with Gasteiger partial charge in [0.1, 0.15) is 5.69 Å². The van der Waals surface area contributed by atoms with Crippen LogP contribution in [0.1, 0.15) is 5.69 Å². The lowest BCUT2D eigenvalue weighted by atomic mass is 10.3. The lowest BCUT2D eigenvalue weighted by Gasteiger charge is -2.15. The molecule has 16 heavy (non-hydrogen) atoms. The molecule has 0 spiro atoms. The van der Waals surface area contributed by atoms with Gasteiger partial charge in [0.15, 0.2) is 0 Å². The van der Waals surface area contributed by atoms with Crippen molar-refractivity contribution in [2.24, 2.45) is 0 Å². The minimum atomic E-state index is -3.87. The highest BCUT2D eigenvalue weighted by Gasteiger charge is 2.36. The summed E-state index contributed by atoms with van der Waals surface area (Å²) in [6, 6.07) is 2.01. The number of nitrogens with zero attached hydrogens (tertiary/aromatic N) is 1. The summed E-state index contributed by atoms with van der Waals surface area (Å²) < 4.78 is 30.3. The first-order chi connectivity index (χ1) is 7.29. The van der Waals surface area contributed by atoms with Crippen LogP contribution in [-0.2, 0) is 10.1 Å². The van der Waals surface area contributed by atoms with Crippen molar-refractivity contribution in [2.45, 2.75) is 5.38 Å². The molecule has 0 aliphatic rings. The highest BCUT2D eigenvalue weighted by atomic mass is 79.9. The molecule has 0 aliphatic heterocycles. The maximum atomic E-state index is 13.0. The van der Waals surface area contributed by atoms with Gasteiger partial charge in [-0.25, -0.2) is 9.36 Å². The molecule has 0 atom stereocenters. The number of aromatic nitrogens is 1. The molecule has 0 aliphatic carbocycles. The van der Waals surface area contributed by atoms with Gasteiger partial charge in [-0.05, 0) is 33.6 Å². The smallest absolute Gasteiger partial charge is 0.421 e. The summed E-state index contributed by atoms with van der Waals surface area (Å²) in [6.07, 6.45) is -1.23. The predicted molar refractivity (Wildman–Crippen MR) is 56.0 cm³/mol. The molecular weight excluding hydrogens is 311 g/mol. The number of alkyl halides is 3. The molecule has 0 N–H and O–H groups in total. The molecule has 1 aromatic heterocycles. The predicted octanol–water partition coefficient (Wildman–Crippen LogP) is 2.51. The van der Waals surface area contributed by atoms with Gasteiger partial charge in [-0.2, -0.15) is 8.78 Å². The largest absolute Gasteiger partial charge is 0.452 e. The van der Waals surface area contributed by atoms with Crippen LogP contribution in [0.5, 0.6) is 0 Å². The molecule has 0 unspecified atom stereocenters. The van der Waals surface area contributed by atoms with Crippen LogP contribution in [0.4, 0.5) is 13.6 Å². The van der Waals surface area contributed by atoms with Crippen LogP contribution >= 0.6 is 27.5 Å². The van der Waals surface area contributed by atoms with Crippen molar-refractivity contribution in [3.8, 4) is 0 Å². The number of hydrogen-bond donors (Lipinski definition) is 0. The van der Waals surface area contributed by atoms with Crippen LogP contribution in [0.2, 0.25) is 0 Å². The summed E-state index contributed by atoms with van der Waals surface area (Å²) in [5, 5.41) is -3.87. The van der Waals surface area contributed by atoms with Gasteiger partial charge in [0.05, 0.1) is 7.11 Å². The molecule has 1 rings (SSSR count). The van der Waals surface area contributed by atoms with Crippen LogP contribution < -0.4 is 5.56 Å². The molecule has 0 radical (unpaired) electrons. The third-order valence-electron chi connectivity index (χ3n) is 1.67. The number of carbonyl (C=O) groups excluding carboxylic acids is 1. The van der Waals surface area contributed by atoms with Crippen LogP contribution in [-0.4, -0.2) is 17.8 Å². The molecule has 0 bridgehead atoms. The van der Waals surface area contributed by atoms with E-state index in [1.807, 2.05) is 0 Å². The summed E-state index contributed by atoms with van der Waals surface area (Å²) in [7, 11) is 0.964. The van der Waals surface area contributed by atoms with Crippen LogP contribution in [0.25, 0.3) is 0 Å². The number of halogens is 4. The standard InChI is InChI=1S/C8H5BrClF2NO3/c1-16-7(15)13-5(14)3-2-4(9)6(13)8(10,11)12/h2-3H,1H3. The van der Waals surface area contributed by atoms with E-state index in [4.69, 9.17) is 11.6 Å². The van der Waals surface area contributed by atoms with Crippen LogP contribution in [0.15, 0.2) is 21.4 Å². The monoisotopic (exact) mass is 315 g/mol. The van der Waals surface area contributed by atoms with Gasteiger partial charge in [-0.3, -0.25) is 4.79 Å². The number of hydrogen-bond acceptors (Lipinski definition) is 3. The van der Waals surface area contributed by atoms with Gasteiger partial charge < -0.3 is 4.74 Å². The van der Waals surface area contributed by atoms with Crippen molar-refractivity contribution in [3.63, 3.8) is 0 Å². The van der Waals surface area contributed by atoms with Crippen molar-refractivity contribution in [3.05, 3.63) is 32.7 Å². The first kappa shape index (κ1) is 13.1. The maximum absolute atomic E-state index is 13.0. The minimum Gasteiger partial charge on any atom is -0.452 e. The Labute approximate surface area is 102 Å². The van der Waals surface area contributed by atoms with Crippen molar-refractivity contribution >= 4 is 33.6 Å². The molecule has 0 aromatic carbocycles. The second kappa shape index (κ2) is 4.50. The third-order valence-corrected chi connectivity index (χ3v) is 2.49. The summed E-state index contributed by atoms with van der Waals surface area (Å²) >= 11 is 7.59. The van der Waals surface area contributed by atoms with Gasteiger partial charge in [0.25, 0.3) is 5.56 Å². The van der Waals surface area contributed by atoms with Gasteiger partial charge in [-0.1, -0.05) is 0 Å². The van der Waals surface area contributed by atoms with E-state index in [1.165, 1.54) is 0 Å². The normalized spacial score (nSPS) is 11.3. The zero-order valence-electron chi connectivity index (χ0n) is 7.84. The Morgan fingerprint density at radius 2 is 2.12 bits per heavy atom. The van der Waals surface area contributed by atoms with Crippen LogP contribution in [0, 0.1) is 0 Å². The SMILES string of the molecule is COC(=O)n1c(C(F)(F)Cl)c(Br)ccc1=O.